The van der Waals surface area contributed by atoms with E-state index in [4.69, 9.17) is 15.2 Å². The second-order valence-corrected chi connectivity index (χ2v) is 3.59. The largest absolute Gasteiger partial charge is 0.381 e. The highest BCUT2D eigenvalue weighted by Gasteiger charge is 2.01. The average Bonchev–Trinajstić information content (AvgIpc) is 2.18. The van der Waals surface area contributed by atoms with E-state index in [0.29, 0.717) is 6.61 Å². The van der Waals surface area contributed by atoms with E-state index in [2.05, 4.69) is 13.8 Å². The van der Waals surface area contributed by atoms with Crippen molar-refractivity contribution in [1.29, 1.82) is 0 Å². The summed E-state index contributed by atoms with van der Waals surface area (Å²) in [6.07, 6.45) is 4.28. The van der Waals surface area contributed by atoms with E-state index in [1.54, 1.807) is 0 Å². The summed E-state index contributed by atoms with van der Waals surface area (Å²) in [6, 6.07) is 0.128. The first-order valence-corrected chi connectivity index (χ1v) is 5.72. The molecule has 0 amide bonds. The van der Waals surface area contributed by atoms with Crippen molar-refractivity contribution in [2.24, 2.45) is 5.73 Å². The summed E-state index contributed by atoms with van der Waals surface area (Å²) in [5.41, 5.74) is 5.82. The van der Waals surface area contributed by atoms with Gasteiger partial charge in [-0.3, -0.25) is 0 Å². The molecule has 0 radical (unpaired) electrons. The molecule has 0 rings (SSSR count). The van der Waals surface area contributed by atoms with Crippen molar-refractivity contribution >= 4 is 0 Å². The summed E-state index contributed by atoms with van der Waals surface area (Å²) >= 11 is 0. The average molecular weight is 203 g/mol. The standard InChI is InChI=1S/C11H25NO2/c1-3-5-8-13-9-6-11(12)10-14-7-4-2/h11H,3-10,12H2,1-2H3. The van der Waals surface area contributed by atoms with Crippen LogP contribution in [0.5, 0.6) is 0 Å². The molecule has 0 saturated heterocycles. The number of unbranched alkanes of at least 4 members (excludes halogenated alkanes) is 1. The lowest BCUT2D eigenvalue weighted by Gasteiger charge is -2.11. The van der Waals surface area contributed by atoms with Gasteiger partial charge in [-0.1, -0.05) is 20.3 Å². The summed E-state index contributed by atoms with van der Waals surface area (Å²) < 4.78 is 10.8. The van der Waals surface area contributed by atoms with Crippen LogP contribution in [0.4, 0.5) is 0 Å². The van der Waals surface area contributed by atoms with Gasteiger partial charge in [0.1, 0.15) is 0 Å². The predicted octanol–water partition coefficient (Wildman–Crippen LogP) is 1.95. The van der Waals surface area contributed by atoms with Gasteiger partial charge in [0.2, 0.25) is 0 Å². The molecule has 2 N–H and O–H groups in total. The van der Waals surface area contributed by atoms with Crippen LogP contribution in [-0.2, 0) is 9.47 Å². The number of hydrogen-bond acceptors (Lipinski definition) is 3. The maximum absolute atomic E-state index is 5.82. The van der Waals surface area contributed by atoms with Crippen molar-refractivity contribution in [3.63, 3.8) is 0 Å². The fourth-order valence-corrected chi connectivity index (χ4v) is 1.05. The van der Waals surface area contributed by atoms with Crippen LogP contribution in [0.2, 0.25) is 0 Å². The minimum absolute atomic E-state index is 0.128. The van der Waals surface area contributed by atoms with E-state index in [0.717, 1.165) is 39.1 Å². The molecule has 0 aromatic heterocycles. The molecule has 0 aliphatic rings. The number of ether oxygens (including phenoxy) is 2. The SMILES string of the molecule is CCCCOCCC(N)COCCC. The molecule has 0 aliphatic carbocycles. The first kappa shape index (κ1) is 13.9. The molecule has 0 bridgehead atoms. The molecule has 0 aromatic rings. The summed E-state index contributed by atoms with van der Waals surface area (Å²) in [5, 5.41) is 0. The Balaban J connectivity index is 3.06. The molecule has 0 saturated carbocycles. The van der Waals surface area contributed by atoms with E-state index in [1.807, 2.05) is 0 Å². The second kappa shape index (κ2) is 11.0. The van der Waals surface area contributed by atoms with Crippen molar-refractivity contribution in [2.75, 3.05) is 26.4 Å². The molecule has 0 aliphatic heterocycles. The molecule has 0 aromatic carbocycles. The van der Waals surface area contributed by atoms with Crippen LogP contribution in [-0.4, -0.2) is 32.5 Å². The van der Waals surface area contributed by atoms with E-state index >= 15 is 0 Å². The summed E-state index contributed by atoms with van der Waals surface area (Å²) in [4.78, 5) is 0. The number of rotatable bonds is 10. The summed E-state index contributed by atoms with van der Waals surface area (Å²) in [7, 11) is 0. The van der Waals surface area contributed by atoms with Crippen LogP contribution in [0.3, 0.4) is 0 Å². The first-order valence-electron chi connectivity index (χ1n) is 5.72. The van der Waals surface area contributed by atoms with Gasteiger partial charge in [-0.2, -0.15) is 0 Å². The zero-order valence-corrected chi connectivity index (χ0v) is 9.63. The Morgan fingerprint density at radius 3 is 2.43 bits per heavy atom. The van der Waals surface area contributed by atoms with Crippen molar-refractivity contribution in [3.05, 3.63) is 0 Å². The van der Waals surface area contributed by atoms with E-state index in [1.165, 1.54) is 6.42 Å². The fourth-order valence-electron chi connectivity index (χ4n) is 1.05. The van der Waals surface area contributed by atoms with Crippen molar-refractivity contribution in [2.45, 2.75) is 45.6 Å². The van der Waals surface area contributed by atoms with Gasteiger partial charge in [-0.15, -0.1) is 0 Å². The molecule has 0 fully saturated rings. The number of nitrogens with two attached hydrogens (primary N) is 1. The van der Waals surface area contributed by atoms with Crippen LogP contribution in [0.1, 0.15) is 39.5 Å². The number of hydrogen-bond donors (Lipinski definition) is 1. The van der Waals surface area contributed by atoms with E-state index < -0.39 is 0 Å². The van der Waals surface area contributed by atoms with Crippen LogP contribution in [0.25, 0.3) is 0 Å². The van der Waals surface area contributed by atoms with Gasteiger partial charge in [0.25, 0.3) is 0 Å². The Morgan fingerprint density at radius 2 is 1.79 bits per heavy atom. The van der Waals surface area contributed by atoms with Gasteiger partial charge in [0.05, 0.1) is 6.61 Å². The Kier molecular flexibility index (Phi) is 10.9. The Labute approximate surface area is 88.0 Å². The molecular weight excluding hydrogens is 178 g/mol. The third-order valence-corrected chi connectivity index (χ3v) is 1.96. The third kappa shape index (κ3) is 9.96. The van der Waals surface area contributed by atoms with Crippen molar-refractivity contribution < 1.29 is 9.47 Å². The van der Waals surface area contributed by atoms with Gasteiger partial charge in [-0.25, -0.2) is 0 Å². The zero-order chi connectivity index (χ0) is 10.6. The van der Waals surface area contributed by atoms with Gasteiger partial charge in [0.15, 0.2) is 0 Å². The van der Waals surface area contributed by atoms with Crippen molar-refractivity contribution in [1.82, 2.24) is 0 Å². The smallest absolute Gasteiger partial charge is 0.0618 e. The Morgan fingerprint density at radius 1 is 1.00 bits per heavy atom. The Hall–Kier alpha value is -0.120. The van der Waals surface area contributed by atoms with Crippen LogP contribution in [0.15, 0.2) is 0 Å². The minimum atomic E-state index is 0.128. The zero-order valence-electron chi connectivity index (χ0n) is 9.63. The molecule has 86 valence electrons. The van der Waals surface area contributed by atoms with Crippen molar-refractivity contribution in [3.8, 4) is 0 Å². The predicted molar refractivity (Wildman–Crippen MR) is 59.4 cm³/mol. The van der Waals surface area contributed by atoms with Crippen LogP contribution < -0.4 is 5.73 Å². The quantitative estimate of drug-likeness (QED) is 0.552. The van der Waals surface area contributed by atoms with Gasteiger partial charge < -0.3 is 15.2 Å². The van der Waals surface area contributed by atoms with E-state index in [9.17, 15) is 0 Å². The molecule has 3 heteroatoms. The highest BCUT2D eigenvalue weighted by Crippen LogP contribution is 1.94. The van der Waals surface area contributed by atoms with Gasteiger partial charge in [-0.05, 0) is 19.3 Å². The highest BCUT2D eigenvalue weighted by molar-refractivity contribution is 4.58. The van der Waals surface area contributed by atoms with Gasteiger partial charge >= 0.3 is 0 Å². The Bertz CT molecular complexity index is 109. The molecule has 0 heterocycles. The summed E-state index contributed by atoms with van der Waals surface area (Å²) in [5.74, 6) is 0. The lowest BCUT2D eigenvalue weighted by molar-refractivity contribution is 0.0911. The minimum Gasteiger partial charge on any atom is -0.381 e. The molecule has 0 spiro atoms. The maximum Gasteiger partial charge on any atom is 0.0618 e. The van der Waals surface area contributed by atoms with Crippen LogP contribution in [0, 0.1) is 0 Å². The highest BCUT2D eigenvalue weighted by atomic mass is 16.5. The maximum atomic E-state index is 5.82. The van der Waals surface area contributed by atoms with E-state index in [-0.39, 0.29) is 6.04 Å². The molecule has 1 unspecified atom stereocenters. The fraction of sp³-hybridized carbons (Fsp3) is 1.00. The first-order chi connectivity index (χ1) is 6.81. The second-order valence-electron chi connectivity index (χ2n) is 3.59. The third-order valence-electron chi connectivity index (χ3n) is 1.96. The monoisotopic (exact) mass is 203 g/mol. The molecular formula is C11H25NO2. The molecule has 1 atom stereocenters. The molecule has 14 heavy (non-hydrogen) atoms. The van der Waals surface area contributed by atoms with Crippen LogP contribution >= 0.6 is 0 Å². The normalized spacial score (nSPS) is 13.1. The summed E-state index contributed by atoms with van der Waals surface area (Å²) in [6.45, 7) is 7.35. The lowest BCUT2D eigenvalue weighted by atomic mass is 10.2. The lowest BCUT2D eigenvalue weighted by Crippen LogP contribution is -2.28. The molecule has 3 nitrogen and oxygen atoms in total. The van der Waals surface area contributed by atoms with Gasteiger partial charge in [0, 0.05) is 25.9 Å². The topological polar surface area (TPSA) is 44.5 Å².